The van der Waals surface area contributed by atoms with Crippen molar-refractivity contribution < 1.29 is 9.53 Å². The lowest BCUT2D eigenvalue weighted by molar-refractivity contribution is -0.145. The average Bonchev–Trinajstić information content (AvgIpc) is 2.25. The highest BCUT2D eigenvalue weighted by atomic mass is 16.5. The fraction of sp³-hybridized carbons (Fsp3) is 0.909. The van der Waals surface area contributed by atoms with Crippen LogP contribution < -0.4 is 11.5 Å². The molecular weight excluding hydrogens is 192 g/mol. The largest absolute Gasteiger partial charge is 0.465 e. The van der Waals surface area contributed by atoms with Crippen LogP contribution in [0.1, 0.15) is 45.4 Å². The van der Waals surface area contributed by atoms with Gasteiger partial charge in [0.05, 0.1) is 6.61 Å². The summed E-state index contributed by atoms with van der Waals surface area (Å²) in [5.74, 6) is -0.292. The Kier molecular flexibility index (Phi) is 9.52. The predicted octanol–water partition coefficient (Wildman–Crippen LogP) is 1.18. The molecule has 0 aliphatic rings. The van der Waals surface area contributed by atoms with Gasteiger partial charge in [0, 0.05) is 0 Å². The van der Waals surface area contributed by atoms with E-state index in [9.17, 15) is 4.79 Å². The molecule has 0 aromatic rings. The molecule has 0 radical (unpaired) electrons. The lowest BCUT2D eigenvalue weighted by Gasteiger charge is -2.10. The first-order valence-corrected chi connectivity index (χ1v) is 5.84. The Labute approximate surface area is 92.3 Å². The third kappa shape index (κ3) is 8.39. The van der Waals surface area contributed by atoms with E-state index in [1.54, 1.807) is 0 Å². The van der Waals surface area contributed by atoms with Crippen molar-refractivity contribution in [3.8, 4) is 0 Å². The Bertz CT molecular complexity index is 163. The van der Waals surface area contributed by atoms with Crippen LogP contribution in [-0.2, 0) is 9.53 Å². The normalized spacial score (nSPS) is 12.5. The third-order valence-electron chi connectivity index (χ3n) is 2.26. The zero-order valence-corrected chi connectivity index (χ0v) is 9.71. The molecule has 15 heavy (non-hydrogen) atoms. The molecule has 4 N–H and O–H groups in total. The van der Waals surface area contributed by atoms with E-state index in [4.69, 9.17) is 16.2 Å². The number of rotatable bonds is 9. The summed E-state index contributed by atoms with van der Waals surface area (Å²) < 4.78 is 5.04. The monoisotopic (exact) mass is 216 g/mol. The van der Waals surface area contributed by atoms with E-state index in [-0.39, 0.29) is 5.97 Å². The molecular formula is C11H24N2O2. The maximum Gasteiger partial charge on any atom is 0.322 e. The molecule has 0 saturated heterocycles. The second-order valence-corrected chi connectivity index (χ2v) is 3.77. The molecule has 1 atom stereocenters. The standard InChI is InChI=1S/C11H24N2O2/c1-2-3-4-5-9-15-11(14)10(13)7-6-8-12/h10H,2-9,12-13H2,1H3/t10-/m1/s1. The van der Waals surface area contributed by atoms with Crippen LogP contribution in [0.3, 0.4) is 0 Å². The van der Waals surface area contributed by atoms with Crippen molar-refractivity contribution in [3.63, 3.8) is 0 Å². The van der Waals surface area contributed by atoms with Crippen molar-refractivity contribution in [3.05, 3.63) is 0 Å². The van der Waals surface area contributed by atoms with Crippen LogP contribution in [0.5, 0.6) is 0 Å². The fourth-order valence-corrected chi connectivity index (χ4v) is 1.26. The summed E-state index contributed by atoms with van der Waals surface area (Å²) in [5, 5.41) is 0. The van der Waals surface area contributed by atoms with Crippen LogP contribution in [-0.4, -0.2) is 25.2 Å². The second-order valence-electron chi connectivity index (χ2n) is 3.77. The van der Waals surface area contributed by atoms with Crippen molar-refractivity contribution >= 4 is 5.97 Å². The van der Waals surface area contributed by atoms with Crippen LogP contribution in [0.2, 0.25) is 0 Å². The van der Waals surface area contributed by atoms with Gasteiger partial charge in [-0.2, -0.15) is 0 Å². The number of carbonyl (C=O) groups is 1. The van der Waals surface area contributed by atoms with Gasteiger partial charge in [-0.1, -0.05) is 26.2 Å². The van der Waals surface area contributed by atoms with E-state index in [1.165, 1.54) is 12.8 Å². The van der Waals surface area contributed by atoms with E-state index < -0.39 is 6.04 Å². The first-order valence-electron chi connectivity index (χ1n) is 5.84. The first-order chi connectivity index (χ1) is 7.22. The van der Waals surface area contributed by atoms with Gasteiger partial charge in [0.15, 0.2) is 0 Å². The Morgan fingerprint density at radius 1 is 1.27 bits per heavy atom. The summed E-state index contributed by atoms with van der Waals surface area (Å²) >= 11 is 0. The maximum atomic E-state index is 11.3. The molecule has 90 valence electrons. The van der Waals surface area contributed by atoms with Crippen molar-refractivity contribution in [2.75, 3.05) is 13.2 Å². The highest BCUT2D eigenvalue weighted by Gasteiger charge is 2.13. The SMILES string of the molecule is CCCCCCOC(=O)[C@H](N)CCCN. The zero-order chi connectivity index (χ0) is 11.5. The van der Waals surface area contributed by atoms with Gasteiger partial charge < -0.3 is 16.2 Å². The summed E-state index contributed by atoms with van der Waals surface area (Å²) in [4.78, 5) is 11.3. The van der Waals surface area contributed by atoms with Crippen LogP contribution >= 0.6 is 0 Å². The maximum absolute atomic E-state index is 11.3. The van der Waals surface area contributed by atoms with E-state index in [0.29, 0.717) is 19.6 Å². The molecule has 0 saturated carbocycles. The van der Waals surface area contributed by atoms with Gasteiger partial charge in [0.2, 0.25) is 0 Å². The van der Waals surface area contributed by atoms with Crippen molar-refractivity contribution in [1.82, 2.24) is 0 Å². The van der Waals surface area contributed by atoms with Crippen LogP contribution in [0.4, 0.5) is 0 Å². The Morgan fingerprint density at radius 2 is 2.00 bits per heavy atom. The zero-order valence-electron chi connectivity index (χ0n) is 9.71. The second kappa shape index (κ2) is 9.93. The lowest BCUT2D eigenvalue weighted by atomic mass is 10.2. The molecule has 0 heterocycles. The molecule has 0 rings (SSSR count). The summed E-state index contributed by atoms with van der Waals surface area (Å²) in [6.07, 6.45) is 5.81. The Morgan fingerprint density at radius 3 is 2.60 bits per heavy atom. The lowest BCUT2D eigenvalue weighted by Crippen LogP contribution is -2.33. The number of ether oxygens (including phenoxy) is 1. The highest BCUT2D eigenvalue weighted by molar-refractivity contribution is 5.75. The van der Waals surface area contributed by atoms with Crippen LogP contribution in [0, 0.1) is 0 Å². The molecule has 0 spiro atoms. The minimum atomic E-state index is -0.500. The minimum absolute atomic E-state index is 0.292. The summed E-state index contributed by atoms with van der Waals surface area (Å²) in [6.45, 7) is 3.21. The molecule has 0 aliphatic heterocycles. The van der Waals surface area contributed by atoms with Crippen molar-refractivity contribution in [1.29, 1.82) is 0 Å². The molecule has 4 nitrogen and oxygen atoms in total. The number of esters is 1. The number of hydrogen-bond donors (Lipinski definition) is 2. The number of carbonyl (C=O) groups excluding carboxylic acids is 1. The quantitative estimate of drug-likeness (QED) is 0.448. The van der Waals surface area contributed by atoms with Gasteiger partial charge in [0.1, 0.15) is 6.04 Å². The van der Waals surface area contributed by atoms with E-state index in [2.05, 4.69) is 6.92 Å². The fourth-order valence-electron chi connectivity index (χ4n) is 1.26. The number of unbranched alkanes of at least 4 members (excludes halogenated alkanes) is 3. The average molecular weight is 216 g/mol. The highest BCUT2D eigenvalue weighted by Crippen LogP contribution is 2.01. The van der Waals surface area contributed by atoms with Crippen LogP contribution in [0.25, 0.3) is 0 Å². The molecule has 0 fully saturated rings. The molecule has 4 heteroatoms. The van der Waals surface area contributed by atoms with Crippen molar-refractivity contribution in [2.45, 2.75) is 51.5 Å². The van der Waals surface area contributed by atoms with Gasteiger partial charge in [0.25, 0.3) is 0 Å². The van der Waals surface area contributed by atoms with E-state index >= 15 is 0 Å². The summed E-state index contributed by atoms with van der Waals surface area (Å²) in [6, 6.07) is -0.500. The van der Waals surface area contributed by atoms with Gasteiger partial charge in [-0.25, -0.2) is 0 Å². The third-order valence-corrected chi connectivity index (χ3v) is 2.26. The van der Waals surface area contributed by atoms with Gasteiger partial charge in [-0.05, 0) is 25.8 Å². The Hall–Kier alpha value is -0.610. The molecule has 0 amide bonds. The van der Waals surface area contributed by atoms with Gasteiger partial charge in [-0.3, -0.25) is 4.79 Å². The topological polar surface area (TPSA) is 78.3 Å². The van der Waals surface area contributed by atoms with Crippen molar-refractivity contribution in [2.24, 2.45) is 11.5 Å². The van der Waals surface area contributed by atoms with E-state index in [1.807, 2.05) is 0 Å². The smallest absolute Gasteiger partial charge is 0.322 e. The summed E-state index contributed by atoms with van der Waals surface area (Å²) in [5.41, 5.74) is 10.9. The summed E-state index contributed by atoms with van der Waals surface area (Å²) in [7, 11) is 0. The molecule has 0 aliphatic carbocycles. The molecule has 0 aromatic carbocycles. The van der Waals surface area contributed by atoms with E-state index in [0.717, 1.165) is 19.3 Å². The minimum Gasteiger partial charge on any atom is -0.465 e. The van der Waals surface area contributed by atoms with Gasteiger partial charge in [-0.15, -0.1) is 0 Å². The molecule has 0 aromatic heterocycles. The van der Waals surface area contributed by atoms with Crippen LogP contribution in [0.15, 0.2) is 0 Å². The predicted molar refractivity (Wildman–Crippen MR) is 61.4 cm³/mol. The number of hydrogen-bond acceptors (Lipinski definition) is 4. The Balaban J connectivity index is 3.38. The number of nitrogens with two attached hydrogens (primary N) is 2. The molecule has 0 bridgehead atoms. The van der Waals surface area contributed by atoms with Gasteiger partial charge >= 0.3 is 5.97 Å². The molecule has 0 unspecified atom stereocenters. The first kappa shape index (κ1) is 14.4.